The molecular formula is C10H13BrClN3O. The van der Waals surface area contributed by atoms with Crippen LogP contribution in [0.3, 0.4) is 0 Å². The summed E-state index contributed by atoms with van der Waals surface area (Å²) >= 11 is 9.18. The SMILES string of the molecule is NCC(CC(N)=O)Nc1ccc(Cl)c(Br)c1. The van der Waals surface area contributed by atoms with E-state index < -0.39 is 0 Å². The fourth-order valence-electron chi connectivity index (χ4n) is 1.26. The average Bonchev–Trinajstić information content (AvgIpc) is 2.22. The number of amides is 1. The number of hydrogen-bond donors (Lipinski definition) is 3. The summed E-state index contributed by atoms with van der Waals surface area (Å²) in [6, 6.07) is 5.24. The maximum atomic E-state index is 10.8. The van der Waals surface area contributed by atoms with E-state index in [0.717, 1.165) is 10.2 Å². The highest BCUT2D eigenvalue weighted by molar-refractivity contribution is 9.10. The van der Waals surface area contributed by atoms with Gasteiger partial charge in [-0.05, 0) is 34.1 Å². The van der Waals surface area contributed by atoms with E-state index >= 15 is 0 Å². The van der Waals surface area contributed by atoms with Gasteiger partial charge in [0.05, 0.1) is 5.02 Å². The predicted molar refractivity (Wildman–Crippen MR) is 69.4 cm³/mol. The molecule has 0 aliphatic heterocycles. The summed E-state index contributed by atoms with van der Waals surface area (Å²) in [4.78, 5) is 10.8. The molecule has 0 fully saturated rings. The molecule has 0 spiro atoms. The number of carbonyl (C=O) groups is 1. The normalized spacial score (nSPS) is 12.2. The molecule has 5 N–H and O–H groups in total. The molecular weight excluding hydrogens is 293 g/mol. The van der Waals surface area contributed by atoms with Crippen molar-refractivity contribution in [1.82, 2.24) is 0 Å². The second-order valence-electron chi connectivity index (χ2n) is 3.38. The van der Waals surface area contributed by atoms with Gasteiger partial charge in [0.15, 0.2) is 0 Å². The van der Waals surface area contributed by atoms with Crippen LogP contribution in [-0.2, 0) is 4.79 Å². The second-order valence-corrected chi connectivity index (χ2v) is 4.64. The Morgan fingerprint density at radius 2 is 2.25 bits per heavy atom. The van der Waals surface area contributed by atoms with Gasteiger partial charge in [-0.25, -0.2) is 0 Å². The second kappa shape index (κ2) is 6.08. The standard InChI is InChI=1S/C10H13BrClN3O/c11-8-3-6(1-2-9(8)12)15-7(5-13)4-10(14)16/h1-3,7,15H,4-5,13H2,(H2,14,16). The van der Waals surface area contributed by atoms with Gasteiger partial charge in [0.25, 0.3) is 0 Å². The molecule has 1 atom stereocenters. The lowest BCUT2D eigenvalue weighted by molar-refractivity contribution is -0.118. The first-order valence-electron chi connectivity index (χ1n) is 4.73. The summed E-state index contributed by atoms with van der Waals surface area (Å²) in [5.41, 5.74) is 11.5. The van der Waals surface area contributed by atoms with Crippen LogP contribution in [0.2, 0.25) is 5.02 Å². The molecule has 1 amide bonds. The summed E-state index contributed by atoms with van der Waals surface area (Å²) in [5, 5.41) is 3.74. The molecule has 1 aromatic rings. The average molecular weight is 307 g/mol. The molecule has 0 bridgehead atoms. The van der Waals surface area contributed by atoms with Crippen molar-refractivity contribution in [2.75, 3.05) is 11.9 Å². The van der Waals surface area contributed by atoms with E-state index in [0.29, 0.717) is 11.6 Å². The van der Waals surface area contributed by atoms with Crippen LogP contribution >= 0.6 is 27.5 Å². The third-order valence-corrected chi connectivity index (χ3v) is 3.24. The number of benzene rings is 1. The monoisotopic (exact) mass is 305 g/mol. The Morgan fingerprint density at radius 3 is 2.75 bits per heavy atom. The number of nitrogens with two attached hydrogens (primary N) is 2. The van der Waals surface area contributed by atoms with Gasteiger partial charge in [-0.3, -0.25) is 4.79 Å². The highest BCUT2D eigenvalue weighted by atomic mass is 79.9. The number of halogens is 2. The molecule has 6 heteroatoms. The molecule has 0 saturated heterocycles. The predicted octanol–water partition coefficient (Wildman–Crippen LogP) is 1.72. The Labute approximate surface area is 107 Å². The van der Waals surface area contributed by atoms with E-state index in [-0.39, 0.29) is 18.4 Å². The number of anilines is 1. The van der Waals surface area contributed by atoms with Crippen molar-refractivity contribution in [3.8, 4) is 0 Å². The van der Waals surface area contributed by atoms with Crippen molar-refractivity contribution in [3.05, 3.63) is 27.7 Å². The minimum absolute atomic E-state index is 0.162. The molecule has 1 aromatic carbocycles. The van der Waals surface area contributed by atoms with Gasteiger partial charge in [0, 0.05) is 29.2 Å². The highest BCUT2D eigenvalue weighted by Crippen LogP contribution is 2.25. The van der Waals surface area contributed by atoms with Crippen molar-refractivity contribution in [2.24, 2.45) is 11.5 Å². The third kappa shape index (κ3) is 4.00. The van der Waals surface area contributed by atoms with Gasteiger partial charge in [-0.1, -0.05) is 11.6 Å². The Bertz CT molecular complexity index is 386. The molecule has 88 valence electrons. The molecule has 4 nitrogen and oxygen atoms in total. The van der Waals surface area contributed by atoms with E-state index in [1.165, 1.54) is 0 Å². The van der Waals surface area contributed by atoms with Crippen molar-refractivity contribution >= 4 is 39.1 Å². The van der Waals surface area contributed by atoms with Crippen LogP contribution < -0.4 is 16.8 Å². The molecule has 0 aromatic heterocycles. The van der Waals surface area contributed by atoms with Crippen molar-refractivity contribution in [1.29, 1.82) is 0 Å². The molecule has 0 aliphatic carbocycles. The molecule has 0 saturated carbocycles. The maximum Gasteiger partial charge on any atom is 0.219 e. The first kappa shape index (κ1) is 13.3. The molecule has 1 unspecified atom stereocenters. The Hall–Kier alpha value is -0.780. The van der Waals surface area contributed by atoms with E-state index in [1.54, 1.807) is 6.07 Å². The fraction of sp³-hybridized carbons (Fsp3) is 0.300. The zero-order valence-corrected chi connectivity index (χ0v) is 10.9. The molecule has 0 aliphatic rings. The Kier molecular flexibility index (Phi) is 5.05. The summed E-state index contributed by atoms with van der Waals surface area (Å²) in [5.74, 6) is -0.379. The third-order valence-electron chi connectivity index (χ3n) is 2.02. The van der Waals surface area contributed by atoms with Gasteiger partial charge in [0.1, 0.15) is 0 Å². The van der Waals surface area contributed by atoms with Gasteiger partial charge in [0.2, 0.25) is 5.91 Å². The first-order valence-corrected chi connectivity index (χ1v) is 5.90. The molecule has 0 radical (unpaired) electrons. The van der Waals surface area contributed by atoms with Crippen molar-refractivity contribution in [2.45, 2.75) is 12.5 Å². The molecule has 16 heavy (non-hydrogen) atoms. The number of carbonyl (C=O) groups excluding carboxylic acids is 1. The van der Waals surface area contributed by atoms with Gasteiger partial charge >= 0.3 is 0 Å². The van der Waals surface area contributed by atoms with Crippen LogP contribution in [0.25, 0.3) is 0 Å². The molecule has 1 rings (SSSR count). The highest BCUT2D eigenvalue weighted by Gasteiger charge is 2.10. The number of primary amides is 1. The number of nitrogens with one attached hydrogen (secondary N) is 1. The zero-order chi connectivity index (χ0) is 12.1. The van der Waals surface area contributed by atoms with Crippen molar-refractivity contribution in [3.63, 3.8) is 0 Å². The fourth-order valence-corrected chi connectivity index (χ4v) is 1.75. The lowest BCUT2D eigenvalue weighted by Crippen LogP contribution is -2.33. The zero-order valence-electron chi connectivity index (χ0n) is 8.54. The van der Waals surface area contributed by atoms with Crippen LogP contribution in [0.1, 0.15) is 6.42 Å². The van der Waals surface area contributed by atoms with E-state index in [9.17, 15) is 4.79 Å². The maximum absolute atomic E-state index is 10.8. The van der Waals surface area contributed by atoms with Gasteiger partial charge in [-0.15, -0.1) is 0 Å². The number of rotatable bonds is 5. The van der Waals surface area contributed by atoms with E-state index in [4.69, 9.17) is 23.1 Å². The van der Waals surface area contributed by atoms with Gasteiger partial charge in [-0.2, -0.15) is 0 Å². The summed E-state index contributed by atoms with van der Waals surface area (Å²) in [6.45, 7) is 0.336. The lowest BCUT2D eigenvalue weighted by atomic mass is 10.2. The van der Waals surface area contributed by atoms with Crippen LogP contribution in [0.4, 0.5) is 5.69 Å². The molecule has 0 heterocycles. The minimum atomic E-state index is -0.379. The van der Waals surface area contributed by atoms with E-state index in [2.05, 4.69) is 21.2 Å². The van der Waals surface area contributed by atoms with E-state index in [1.807, 2.05) is 12.1 Å². The summed E-state index contributed by atoms with van der Waals surface area (Å²) in [7, 11) is 0. The quantitative estimate of drug-likeness (QED) is 0.775. The largest absolute Gasteiger partial charge is 0.380 e. The summed E-state index contributed by atoms with van der Waals surface area (Å²) < 4.78 is 0.786. The Balaban J connectivity index is 2.70. The summed E-state index contributed by atoms with van der Waals surface area (Å²) in [6.07, 6.45) is 0.205. The first-order chi connectivity index (χ1) is 7.52. The number of hydrogen-bond acceptors (Lipinski definition) is 3. The van der Waals surface area contributed by atoms with Crippen LogP contribution in [0.5, 0.6) is 0 Å². The Morgan fingerprint density at radius 1 is 1.56 bits per heavy atom. The van der Waals surface area contributed by atoms with Crippen molar-refractivity contribution < 1.29 is 4.79 Å². The van der Waals surface area contributed by atoms with Crippen LogP contribution in [-0.4, -0.2) is 18.5 Å². The lowest BCUT2D eigenvalue weighted by Gasteiger charge is -2.16. The topological polar surface area (TPSA) is 81.1 Å². The van der Waals surface area contributed by atoms with Gasteiger partial charge < -0.3 is 16.8 Å². The minimum Gasteiger partial charge on any atom is -0.380 e. The van der Waals surface area contributed by atoms with Crippen LogP contribution in [0, 0.1) is 0 Å². The van der Waals surface area contributed by atoms with Crippen LogP contribution in [0.15, 0.2) is 22.7 Å². The smallest absolute Gasteiger partial charge is 0.219 e.